The van der Waals surface area contributed by atoms with Gasteiger partial charge in [0.15, 0.2) is 0 Å². The number of piperazine rings is 1. The minimum atomic E-state index is 0.00890. The number of fused-ring (bicyclic) bond motifs is 1. The monoisotopic (exact) mass is 462 g/mol. The van der Waals surface area contributed by atoms with Gasteiger partial charge in [0.05, 0.1) is 19.1 Å². The second kappa shape index (κ2) is 11.2. The maximum atomic E-state index is 12.7. The number of rotatable bonds is 7. The van der Waals surface area contributed by atoms with Gasteiger partial charge in [0, 0.05) is 31.9 Å². The van der Waals surface area contributed by atoms with Crippen LogP contribution in [0.5, 0.6) is 0 Å². The highest BCUT2D eigenvalue weighted by Crippen LogP contribution is 2.25. The van der Waals surface area contributed by atoms with Gasteiger partial charge in [0.1, 0.15) is 0 Å². The number of aryl methyl sites for hydroxylation is 4. The van der Waals surface area contributed by atoms with E-state index in [1.165, 1.54) is 36.0 Å². The van der Waals surface area contributed by atoms with Gasteiger partial charge in [-0.05, 0) is 74.3 Å². The molecule has 0 radical (unpaired) electrons. The molecule has 1 atom stereocenters. The molecule has 2 aromatic carbocycles. The van der Waals surface area contributed by atoms with Gasteiger partial charge in [-0.1, -0.05) is 36.4 Å². The van der Waals surface area contributed by atoms with E-state index in [-0.39, 0.29) is 17.9 Å². The number of hydrogen-bond acceptors (Lipinski definition) is 4. The zero-order valence-electron chi connectivity index (χ0n) is 20.8. The highest BCUT2D eigenvalue weighted by Gasteiger charge is 2.22. The Bertz CT molecular complexity index is 1010. The summed E-state index contributed by atoms with van der Waals surface area (Å²) in [6.45, 7) is 10.0. The summed E-state index contributed by atoms with van der Waals surface area (Å²) < 4.78 is 0. The van der Waals surface area contributed by atoms with Crippen molar-refractivity contribution in [1.29, 1.82) is 0 Å². The van der Waals surface area contributed by atoms with Crippen molar-refractivity contribution >= 4 is 17.5 Å². The summed E-state index contributed by atoms with van der Waals surface area (Å²) >= 11 is 0. The Morgan fingerprint density at radius 3 is 2.09 bits per heavy atom. The first-order valence-electron chi connectivity index (χ1n) is 12.6. The topological polar surface area (TPSA) is 64.7 Å². The smallest absolute Gasteiger partial charge is 0.238 e. The number of carbonyl (C=O) groups is 2. The van der Waals surface area contributed by atoms with Crippen molar-refractivity contribution in [2.45, 2.75) is 52.5 Å². The maximum absolute atomic E-state index is 12.7. The van der Waals surface area contributed by atoms with Crippen LogP contribution < -0.4 is 10.6 Å². The van der Waals surface area contributed by atoms with Gasteiger partial charge in [-0.25, -0.2) is 0 Å². The van der Waals surface area contributed by atoms with Crippen molar-refractivity contribution < 1.29 is 9.59 Å². The van der Waals surface area contributed by atoms with Crippen molar-refractivity contribution in [2.75, 3.05) is 44.6 Å². The lowest BCUT2D eigenvalue weighted by Crippen LogP contribution is -2.51. The van der Waals surface area contributed by atoms with Crippen LogP contribution in [0.1, 0.15) is 53.6 Å². The Morgan fingerprint density at radius 1 is 0.853 bits per heavy atom. The minimum Gasteiger partial charge on any atom is -0.348 e. The molecular formula is C28H38N4O2. The zero-order valence-corrected chi connectivity index (χ0v) is 20.8. The Labute approximate surface area is 203 Å². The van der Waals surface area contributed by atoms with Crippen LogP contribution in [-0.4, -0.2) is 60.9 Å². The molecule has 2 aromatic rings. The Morgan fingerprint density at radius 2 is 1.44 bits per heavy atom. The summed E-state index contributed by atoms with van der Waals surface area (Å²) in [7, 11) is 0. The number of benzene rings is 2. The van der Waals surface area contributed by atoms with Crippen LogP contribution in [0.3, 0.4) is 0 Å². The summed E-state index contributed by atoms with van der Waals surface area (Å²) in [5, 5.41) is 6.24. The molecule has 1 aliphatic heterocycles. The molecule has 1 saturated heterocycles. The second-order valence-corrected chi connectivity index (χ2v) is 9.89. The SMILES string of the molecule is Cc1cccc(C)c1NC(=O)CN1CCN(CC(=O)N[C@H](C)c2ccc3c(c2)CCCC3)CC1. The van der Waals surface area contributed by atoms with Gasteiger partial charge in [0.25, 0.3) is 0 Å². The van der Waals surface area contributed by atoms with E-state index in [1.54, 1.807) is 0 Å². The molecule has 1 aliphatic carbocycles. The van der Waals surface area contributed by atoms with Gasteiger partial charge in [0.2, 0.25) is 11.8 Å². The van der Waals surface area contributed by atoms with Gasteiger partial charge in [-0.2, -0.15) is 0 Å². The minimum absolute atomic E-state index is 0.00890. The number of nitrogens with one attached hydrogen (secondary N) is 2. The highest BCUT2D eigenvalue weighted by atomic mass is 16.2. The first-order chi connectivity index (χ1) is 16.4. The Hall–Kier alpha value is -2.70. The van der Waals surface area contributed by atoms with E-state index in [1.807, 2.05) is 32.0 Å². The third-order valence-electron chi connectivity index (χ3n) is 7.19. The van der Waals surface area contributed by atoms with Gasteiger partial charge in [-0.3, -0.25) is 19.4 Å². The van der Waals surface area contributed by atoms with E-state index >= 15 is 0 Å². The fourth-order valence-electron chi connectivity index (χ4n) is 5.10. The molecule has 0 spiro atoms. The molecule has 1 fully saturated rings. The van der Waals surface area contributed by atoms with Gasteiger partial charge in [-0.15, -0.1) is 0 Å². The Kier molecular flexibility index (Phi) is 8.01. The fourth-order valence-corrected chi connectivity index (χ4v) is 5.10. The van der Waals surface area contributed by atoms with Crippen LogP contribution in [0.15, 0.2) is 36.4 Å². The van der Waals surface area contributed by atoms with Crippen LogP contribution in [-0.2, 0) is 22.4 Å². The molecule has 2 aliphatic rings. The lowest BCUT2D eigenvalue weighted by atomic mass is 9.89. The van der Waals surface area contributed by atoms with E-state index in [0.717, 1.165) is 49.4 Å². The predicted molar refractivity (Wildman–Crippen MR) is 137 cm³/mol. The molecule has 2 amide bonds. The van der Waals surface area contributed by atoms with Gasteiger partial charge >= 0.3 is 0 Å². The molecule has 182 valence electrons. The molecule has 34 heavy (non-hydrogen) atoms. The number of amides is 2. The number of carbonyl (C=O) groups excluding carboxylic acids is 2. The normalized spacial score (nSPS) is 17.6. The summed E-state index contributed by atoms with van der Waals surface area (Å²) in [5.74, 6) is 0.0777. The number of anilines is 1. The van der Waals surface area contributed by atoms with Crippen LogP contribution in [0.2, 0.25) is 0 Å². The van der Waals surface area contributed by atoms with E-state index < -0.39 is 0 Å². The van der Waals surface area contributed by atoms with Crippen LogP contribution in [0.4, 0.5) is 5.69 Å². The fraction of sp³-hybridized carbons (Fsp3) is 0.500. The molecule has 0 bridgehead atoms. The lowest BCUT2D eigenvalue weighted by Gasteiger charge is -2.34. The highest BCUT2D eigenvalue weighted by molar-refractivity contribution is 5.93. The van der Waals surface area contributed by atoms with Crippen molar-refractivity contribution in [2.24, 2.45) is 0 Å². The molecule has 2 N–H and O–H groups in total. The molecule has 0 saturated carbocycles. The largest absolute Gasteiger partial charge is 0.348 e. The number of nitrogens with zero attached hydrogens (tertiary/aromatic N) is 2. The first-order valence-corrected chi connectivity index (χ1v) is 12.6. The van der Waals surface area contributed by atoms with Crippen LogP contribution >= 0.6 is 0 Å². The van der Waals surface area contributed by atoms with Crippen molar-refractivity contribution in [3.8, 4) is 0 Å². The summed E-state index contributed by atoms with van der Waals surface area (Å²) in [6.07, 6.45) is 4.87. The number of para-hydroxylation sites is 1. The summed E-state index contributed by atoms with van der Waals surface area (Å²) in [6, 6.07) is 12.7. The molecule has 0 unspecified atom stereocenters. The molecule has 6 nitrogen and oxygen atoms in total. The van der Waals surface area contributed by atoms with Crippen LogP contribution in [0.25, 0.3) is 0 Å². The molecule has 4 rings (SSSR count). The molecule has 0 aromatic heterocycles. The molecule has 1 heterocycles. The quantitative estimate of drug-likeness (QED) is 0.660. The maximum Gasteiger partial charge on any atom is 0.238 e. The second-order valence-electron chi connectivity index (χ2n) is 9.89. The average molecular weight is 463 g/mol. The van der Waals surface area contributed by atoms with Gasteiger partial charge < -0.3 is 10.6 Å². The van der Waals surface area contributed by atoms with Crippen LogP contribution in [0, 0.1) is 13.8 Å². The third-order valence-corrected chi connectivity index (χ3v) is 7.19. The lowest BCUT2D eigenvalue weighted by molar-refractivity contribution is -0.124. The molecule has 6 heteroatoms. The van der Waals surface area contributed by atoms with E-state index in [4.69, 9.17) is 0 Å². The first kappa shape index (κ1) is 24.4. The predicted octanol–water partition coefficient (Wildman–Crippen LogP) is 3.62. The van der Waals surface area contributed by atoms with E-state index in [2.05, 4.69) is 45.6 Å². The number of hydrogen-bond donors (Lipinski definition) is 2. The van der Waals surface area contributed by atoms with Crippen molar-refractivity contribution in [1.82, 2.24) is 15.1 Å². The third kappa shape index (κ3) is 6.24. The summed E-state index contributed by atoms with van der Waals surface area (Å²) in [4.78, 5) is 29.6. The Balaban J connectivity index is 1.20. The van der Waals surface area contributed by atoms with Crippen molar-refractivity contribution in [3.63, 3.8) is 0 Å². The zero-order chi connectivity index (χ0) is 24.1. The van der Waals surface area contributed by atoms with Crippen molar-refractivity contribution in [3.05, 3.63) is 64.2 Å². The van der Waals surface area contributed by atoms with E-state index in [0.29, 0.717) is 13.1 Å². The average Bonchev–Trinajstić information content (AvgIpc) is 2.82. The standard InChI is InChI=1S/C28H38N4O2/c1-20-7-6-8-21(2)28(20)30-27(34)19-32-15-13-31(14-16-32)18-26(33)29-22(3)24-12-11-23-9-4-5-10-25(23)17-24/h6-8,11-12,17,22H,4-5,9-10,13-16,18-19H2,1-3H3,(H,29,33)(H,30,34)/t22-/m1/s1. The summed E-state index contributed by atoms with van der Waals surface area (Å²) in [5.41, 5.74) is 7.17. The van der Waals surface area contributed by atoms with E-state index in [9.17, 15) is 9.59 Å². The molecular weight excluding hydrogens is 424 g/mol.